The van der Waals surface area contributed by atoms with Crippen LogP contribution in [0.5, 0.6) is 0 Å². The van der Waals surface area contributed by atoms with Gasteiger partial charge in [-0.05, 0) is 43.7 Å². The predicted molar refractivity (Wildman–Crippen MR) is 147 cm³/mol. The average molecular weight is 460 g/mol. The number of rotatable bonds is 5. The monoisotopic (exact) mass is 459 g/mol. The van der Waals surface area contributed by atoms with E-state index in [-0.39, 0.29) is 6.17 Å². The van der Waals surface area contributed by atoms with Crippen molar-refractivity contribution in [2.24, 2.45) is 7.05 Å². The molecular weight excluding hydrogens is 430 g/mol. The van der Waals surface area contributed by atoms with Crippen LogP contribution in [0.1, 0.15) is 19.4 Å². The molecule has 0 amide bonds. The highest BCUT2D eigenvalue weighted by molar-refractivity contribution is 5.98. The predicted octanol–water partition coefficient (Wildman–Crippen LogP) is 6.49. The Labute approximate surface area is 206 Å². The van der Waals surface area contributed by atoms with Crippen molar-refractivity contribution in [3.05, 3.63) is 90.5 Å². The van der Waals surface area contributed by atoms with E-state index in [1.807, 2.05) is 24.3 Å². The third kappa shape index (κ3) is 3.38. The molecule has 3 heterocycles. The van der Waals surface area contributed by atoms with E-state index in [1.165, 1.54) is 27.7 Å². The Kier molecular flexibility index (Phi) is 5.25. The van der Waals surface area contributed by atoms with Gasteiger partial charge in [0.05, 0.1) is 16.7 Å². The number of aryl methyl sites for hydroxylation is 1. The van der Waals surface area contributed by atoms with Crippen molar-refractivity contribution in [2.45, 2.75) is 20.0 Å². The zero-order valence-electron chi connectivity index (χ0n) is 20.4. The van der Waals surface area contributed by atoms with Gasteiger partial charge in [0, 0.05) is 36.6 Å². The van der Waals surface area contributed by atoms with Gasteiger partial charge in [-0.2, -0.15) is 0 Å². The lowest BCUT2D eigenvalue weighted by Gasteiger charge is -2.28. The third-order valence-electron chi connectivity index (χ3n) is 7.03. The van der Waals surface area contributed by atoms with Crippen molar-refractivity contribution in [2.75, 3.05) is 22.9 Å². The number of benzene rings is 3. The smallest absolute Gasteiger partial charge is 0.174 e. The average Bonchev–Trinajstić information content (AvgIpc) is 3.36. The number of hydrogen-bond donors (Lipinski definition) is 0. The summed E-state index contributed by atoms with van der Waals surface area (Å²) in [5, 5.41) is 1.26. The molecule has 0 saturated carbocycles. The normalized spacial score (nSPS) is 14.0. The number of anilines is 2. The molecule has 6 rings (SSSR count). The summed E-state index contributed by atoms with van der Waals surface area (Å²) in [5.74, 6) is 1.92. The largest absolute Gasteiger partial charge is 0.343 e. The number of likely N-dealkylation sites (N-methyl/N-ethyl adjacent to an activating group) is 2. The summed E-state index contributed by atoms with van der Waals surface area (Å²) in [6.07, 6.45) is 4.67. The zero-order chi connectivity index (χ0) is 23.9. The molecule has 0 fully saturated rings. The van der Waals surface area contributed by atoms with Crippen molar-refractivity contribution in [1.29, 1.82) is 0 Å². The van der Waals surface area contributed by atoms with Crippen molar-refractivity contribution in [3.8, 4) is 11.3 Å². The van der Waals surface area contributed by atoms with Crippen molar-refractivity contribution in [1.82, 2.24) is 14.5 Å². The summed E-state index contributed by atoms with van der Waals surface area (Å²) in [7, 11) is 2.16. The van der Waals surface area contributed by atoms with Crippen LogP contribution in [-0.2, 0) is 7.05 Å². The third-order valence-corrected chi connectivity index (χ3v) is 7.03. The first kappa shape index (κ1) is 21.4. The van der Waals surface area contributed by atoms with Gasteiger partial charge in [0.2, 0.25) is 0 Å². The lowest BCUT2D eigenvalue weighted by Crippen LogP contribution is -2.41. The Hall–Kier alpha value is -4.12. The van der Waals surface area contributed by atoms with E-state index in [9.17, 15) is 0 Å². The van der Waals surface area contributed by atoms with Gasteiger partial charge in [-0.15, -0.1) is 0 Å². The lowest BCUT2D eigenvalue weighted by molar-refractivity contribution is 0.690. The molecule has 0 aliphatic carbocycles. The molecule has 3 aromatic carbocycles. The molecule has 0 unspecified atom stereocenters. The van der Waals surface area contributed by atoms with E-state index in [0.717, 1.165) is 35.8 Å². The van der Waals surface area contributed by atoms with Crippen molar-refractivity contribution < 1.29 is 0 Å². The number of para-hydroxylation sites is 3. The van der Waals surface area contributed by atoms with Crippen LogP contribution < -0.4 is 9.80 Å². The second-order valence-corrected chi connectivity index (χ2v) is 8.91. The Morgan fingerprint density at radius 2 is 1.31 bits per heavy atom. The van der Waals surface area contributed by atoms with E-state index in [0.29, 0.717) is 0 Å². The van der Waals surface area contributed by atoms with Gasteiger partial charge >= 0.3 is 0 Å². The number of hydrogen-bond acceptors (Lipinski definition) is 4. The van der Waals surface area contributed by atoms with Gasteiger partial charge in [-0.3, -0.25) is 0 Å². The number of nitrogens with zero attached hydrogens (tertiary/aromatic N) is 5. The van der Waals surface area contributed by atoms with Gasteiger partial charge in [-0.25, -0.2) is 9.97 Å². The van der Waals surface area contributed by atoms with Crippen LogP contribution in [0.25, 0.3) is 39.3 Å². The van der Waals surface area contributed by atoms with Crippen LogP contribution >= 0.6 is 0 Å². The van der Waals surface area contributed by atoms with Crippen LogP contribution in [0, 0.1) is 0 Å². The SMILES string of the molecule is CCN1c2nc3ccccc3nc2N(CC)C1/C=C/c1c(-c2ccccc2)n(C)c2ccccc12. The summed E-state index contributed by atoms with van der Waals surface area (Å²) in [6.45, 7) is 6.08. The molecule has 5 nitrogen and oxygen atoms in total. The molecule has 0 spiro atoms. The molecule has 174 valence electrons. The maximum absolute atomic E-state index is 5.01. The van der Waals surface area contributed by atoms with E-state index < -0.39 is 0 Å². The van der Waals surface area contributed by atoms with Gasteiger partial charge in [-0.1, -0.05) is 66.7 Å². The first-order chi connectivity index (χ1) is 17.2. The summed E-state index contributed by atoms with van der Waals surface area (Å²) in [5.41, 5.74) is 6.79. The molecule has 1 aliphatic heterocycles. The number of fused-ring (bicyclic) bond motifs is 3. The summed E-state index contributed by atoms with van der Waals surface area (Å²) >= 11 is 0. The molecule has 1 aliphatic rings. The van der Waals surface area contributed by atoms with Crippen LogP contribution in [0.2, 0.25) is 0 Å². The minimum atomic E-state index is 0.0550. The minimum absolute atomic E-state index is 0.0550. The first-order valence-corrected chi connectivity index (χ1v) is 12.3. The fourth-order valence-corrected chi connectivity index (χ4v) is 5.39. The Bertz CT molecular complexity index is 1500. The van der Waals surface area contributed by atoms with Crippen LogP contribution in [-0.4, -0.2) is 33.8 Å². The van der Waals surface area contributed by atoms with Crippen LogP contribution in [0.4, 0.5) is 11.6 Å². The fourth-order valence-electron chi connectivity index (χ4n) is 5.39. The van der Waals surface area contributed by atoms with Crippen LogP contribution in [0.15, 0.2) is 84.9 Å². The summed E-state index contributed by atoms with van der Waals surface area (Å²) < 4.78 is 2.30. The molecule has 5 aromatic rings. The number of aromatic nitrogens is 3. The molecule has 5 heteroatoms. The van der Waals surface area contributed by atoms with Crippen molar-refractivity contribution >= 4 is 39.6 Å². The molecule has 0 radical (unpaired) electrons. The summed E-state index contributed by atoms with van der Waals surface area (Å²) in [6, 6.07) is 27.4. The quantitative estimate of drug-likeness (QED) is 0.301. The summed E-state index contributed by atoms with van der Waals surface area (Å²) in [4.78, 5) is 14.7. The van der Waals surface area contributed by atoms with E-state index in [4.69, 9.17) is 9.97 Å². The second-order valence-electron chi connectivity index (χ2n) is 8.91. The molecular formula is C30H29N5. The molecule has 0 atom stereocenters. The van der Waals surface area contributed by atoms with Gasteiger partial charge < -0.3 is 14.4 Å². The zero-order valence-corrected chi connectivity index (χ0v) is 20.4. The lowest BCUT2D eigenvalue weighted by atomic mass is 10.0. The Morgan fingerprint density at radius 3 is 1.94 bits per heavy atom. The van der Waals surface area contributed by atoms with E-state index >= 15 is 0 Å². The highest BCUT2D eigenvalue weighted by atomic mass is 15.5. The van der Waals surface area contributed by atoms with Crippen molar-refractivity contribution in [3.63, 3.8) is 0 Å². The van der Waals surface area contributed by atoms with E-state index in [1.54, 1.807) is 0 Å². The maximum atomic E-state index is 5.01. The van der Waals surface area contributed by atoms with Gasteiger partial charge in [0.15, 0.2) is 11.6 Å². The maximum Gasteiger partial charge on any atom is 0.174 e. The second kappa shape index (κ2) is 8.58. The molecule has 0 bridgehead atoms. The minimum Gasteiger partial charge on any atom is -0.343 e. The van der Waals surface area contributed by atoms with E-state index in [2.05, 4.69) is 102 Å². The Morgan fingerprint density at radius 1 is 0.743 bits per heavy atom. The van der Waals surface area contributed by atoms with Crippen LogP contribution in [0.3, 0.4) is 0 Å². The highest BCUT2D eigenvalue weighted by Crippen LogP contribution is 2.39. The topological polar surface area (TPSA) is 37.2 Å². The molecule has 2 aromatic heterocycles. The molecule has 0 N–H and O–H groups in total. The standard InChI is InChI=1S/C30H29N5/c1-4-34-27(35(5-2)30-29(34)31-24-16-10-11-17-25(24)32-30)20-19-23-22-15-9-12-18-26(22)33(3)28(23)21-13-7-6-8-14-21/h6-20,27H,4-5H2,1-3H3/b20-19+. The Balaban J connectivity index is 1.49. The molecule has 0 saturated heterocycles. The van der Waals surface area contributed by atoms with Gasteiger partial charge in [0.1, 0.15) is 6.17 Å². The molecule has 35 heavy (non-hydrogen) atoms. The first-order valence-electron chi connectivity index (χ1n) is 12.3. The highest BCUT2D eigenvalue weighted by Gasteiger charge is 2.35. The fraction of sp³-hybridized carbons (Fsp3) is 0.200. The van der Waals surface area contributed by atoms with Gasteiger partial charge in [0.25, 0.3) is 0 Å².